The van der Waals surface area contributed by atoms with Gasteiger partial charge in [0.25, 0.3) is 5.91 Å². The summed E-state index contributed by atoms with van der Waals surface area (Å²) in [6.07, 6.45) is 1.61. The van der Waals surface area contributed by atoms with Crippen LogP contribution in [0.5, 0.6) is 0 Å². The number of fused-ring (bicyclic) bond motifs is 1. The van der Waals surface area contributed by atoms with Crippen molar-refractivity contribution < 1.29 is 22.7 Å². The lowest BCUT2D eigenvalue weighted by atomic mass is 9.87. The summed E-state index contributed by atoms with van der Waals surface area (Å²) in [5, 5.41) is 3.00. The number of benzene rings is 3. The Hall–Kier alpha value is -3.20. The van der Waals surface area contributed by atoms with Gasteiger partial charge in [-0.25, -0.2) is 13.2 Å². The van der Waals surface area contributed by atoms with Crippen LogP contribution in [0.15, 0.2) is 77.7 Å². The van der Waals surface area contributed by atoms with Crippen LogP contribution in [0.1, 0.15) is 52.9 Å². The van der Waals surface area contributed by atoms with Crippen molar-refractivity contribution in [2.45, 2.75) is 49.8 Å². The van der Waals surface area contributed by atoms with E-state index in [1.54, 1.807) is 0 Å². The van der Waals surface area contributed by atoms with E-state index in [1.165, 1.54) is 42.0 Å². The van der Waals surface area contributed by atoms with Crippen LogP contribution in [-0.4, -0.2) is 37.8 Å². The van der Waals surface area contributed by atoms with Crippen molar-refractivity contribution in [3.05, 3.63) is 100 Å². The van der Waals surface area contributed by atoms with E-state index in [4.69, 9.17) is 16.3 Å². The molecule has 2 atom stereocenters. The number of ether oxygens (including phenoxy) is 1. The van der Waals surface area contributed by atoms with Crippen LogP contribution in [0.25, 0.3) is 0 Å². The van der Waals surface area contributed by atoms with Crippen molar-refractivity contribution in [2.24, 2.45) is 0 Å². The highest BCUT2D eigenvalue weighted by Gasteiger charge is 2.28. The van der Waals surface area contributed by atoms with Gasteiger partial charge in [-0.15, -0.1) is 0 Å². The van der Waals surface area contributed by atoms with Crippen LogP contribution in [0.2, 0.25) is 5.02 Å². The fraction of sp³-hybridized carbons (Fsp3) is 0.286. The molecule has 1 amide bonds. The first-order valence-electron chi connectivity index (χ1n) is 12.1. The largest absolute Gasteiger partial charge is 0.449 e. The number of esters is 1. The molecule has 0 radical (unpaired) electrons. The molecule has 3 aromatic rings. The maximum absolute atomic E-state index is 13.1. The Morgan fingerprint density at radius 3 is 2.54 bits per heavy atom. The molecule has 0 heterocycles. The topological polar surface area (TPSA) is 92.8 Å². The van der Waals surface area contributed by atoms with Crippen LogP contribution in [0.4, 0.5) is 0 Å². The summed E-state index contributed by atoms with van der Waals surface area (Å²) in [5.41, 5.74) is 2.97. The third-order valence-electron chi connectivity index (χ3n) is 6.45. The first-order chi connectivity index (χ1) is 17.7. The lowest BCUT2D eigenvalue weighted by Crippen LogP contribution is -2.39. The average Bonchev–Trinajstić information content (AvgIpc) is 2.89. The number of aryl methyl sites for hydroxylation is 1. The van der Waals surface area contributed by atoms with E-state index in [2.05, 4.69) is 11.4 Å². The Kier molecular flexibility index (Phi) is 8.32. The molecule has 37 heavy (non-hydrogen) atoms. The molecule has 0 bridgehead atoms. The number of nitrogens with zero attached hydrogens (tertiary/aromatic N) is 1. The SMILES string of the molecule is CC(OC(=O)c1cc(S(=O)(=O)N(C)Cc2ccccc2)ccc1Cl)C(=O)NC1CCCc2ccccc21. The highest BCUT2D eigenvalue weighted by atomic mass is 35.5. The number of sulfonamides is 1. The van der Waals surface area contributed by atoms with Gasteiger partial charge in [0.2, 0.25) is 10.0 Å². The fourth-order valence-electron chi connectivity index (χ4n) is 4.40. The Labute approximate surface area is 222 Å². The summed E-state index contributed by atoms with van der Waals surface area (Å²) in [5.74, 6) is -1.31. The van der Waals surface area contributed by atoms with Crippen LogP contribution < -0.4 is 5.32 Å². The third-order valence-corrected chi connectivity index (χ3v) is 8.58. The average molecular weight is 541 g/mol. The van der Waals surface area contributed by atoms with E-state index in [0.717, 1.165) is 30.4 Å². The summed E-state index contributed by atoms with van der Waals surface area (Å²) >= 11 is 6.22. The van der Waals surface area contributed by atoms with E-state index in [0.29, 0.717) is 0 Å². The molecule has 0 aliphatic heterocycles. The zero-order valence-electron chi connectivity index (χ0n) is 20.7. The minimum absolute atomic E-state index is 0.0310. The number of amides is 1. The summed E-state index contributed by atoms with van der Waals surface area (Å²) in [4.78, 5) is 25.7. The molecule has 0 aromatic heterocycles. The maximum atomic E-state index is 13.1. The molecule has 3 aromatic carbocycles. The number of nitrogens with one attached hydrogen (secondary N) is 1. The number of rotatable bonds is 8. The quantitative estimate of drug-likeness (QED) is 0.410. The molecule has 0 fully saturated rings. The number of carbonyl (C=O) groups excluding carboxylic acids is 2. The molecule has 1 aliphatic carbocycles. The highest BCUT2D eigenvalue weighted by Crippen LogP contribution is 2.30. The molecule has 2 unspecified atom stereocenters. The van der Waals surface area contributed by atoms with E-state index in [1.807, 2.05) is 48.5 Å². The summed E-state index contributed by atoms with van der Waals surface area (Å²) in [6, 6.07) is 20.8. The van der Waals surface area contributed by atoms with Gasteiger partial charge in [-0.1, -0.05) is 66.2 Å². The van der Waals surface area contributed by atoms with E-state index in [9.17, 15) is 18.0 Å². The van der Waals surface area contributed by atoms with Crippen molar-refractivity contribution in [3.8, 4) is 0 Å². The minimum Gasteiger partial charge on any atom is -0.449 e. The molecule has 0 spiro atoms. The van der Waals surface area contributed by atoms with Gasteiger partial charge < -0.3 is 10.1 Å². The third kappa shape index (κ3) is 6.21. The van der Waals surface area contributed by atoms with Gasteiger partial charge in [0.15, 0.2) is 6.10 Å². The first kappa shape index (κ1) is 26.9. The lowest BCUT2D eigenvalue weighted by Gasteiger charge is -2.27. The predicted molar refractivity (Wildman–Crippen MR) is 142 cm³/mol. The fourth-order valence-corrected chi connectivity index (χ4v) is 5.78. The van der Waals surface area contributed by atoms with Crippen LogP contribution in [0.3, 0.4) is 0 Å². The molecule has 4 rings (SSSR count). The molecule has 194 valence electrons. The van der Waals surface area contributed by atoms with Crippen LogP contribution in [0, 0.1) is 0 Å². The van der Waals surface area contributed by atoms with Crippen molar-refractivity contribution in [1.29, 1.82) is 0 Å². The number of halogens is 1. The summed E-state index contributed by atoms with van der Waals surface area (Å²) < 4.78 is 32.9. The van der Waals surface area contributed by atoms with Gasteiger partial charge in [0.1, 0.15) is 0 Å². The van der Waals surface area contributed by atoms with Crippen LogP contribution >= 0.6 is 11.6 Å². The normalized spacial score (nSPS) is 16.1. The second-order valence-corrected chi connectivity index (χ2v) is 11.5. The van der Waals surface area contributed by atoms with Gasteiger partial charge in [0, 0.05) is 13.6 Å². The molecule has 1 N–H and O–H groups in total. The van der Waals surface area contributed by atoms with Gasteiger partial charge >= 0.3 is 5.97 Å². The Morgan fingerprint density at radius 2 is 1.78 bits per heavy atom. The van der Waals surface area contributed by atoms with E-state index in [-0.39, 0.29) is 28.1 Å². The monoisotopic (exact) mass is 540 g/mol. The van der Waals surface area contributed by atoms with E-state index < -0.39 is 28.0 Å². The summed E-state index contributed by atoms with van der Waals surface area (Å²) in [7, 11) is -2.45. The zero-order valence-corrected chi connectivity index (χ0v) is 22.3. The molecular weight excluding hydrogens is 512 g/mol. The molecular formula is C28H29ClN2O5S. The summed E-state index contributed by atoms with van der Waals surface area (Å²) in [6.45, 7) is 1.64. The van der Waals surface area contributed by atoms with E-state index >= 15 is 0 Å². The smallest absolute Gasteiger partial charge is 0.340 e. The van der Waals surface area contributed by atoms with Crippen molar-refractivity contribution in [1.82, 2.24) is 9.62 Å². The second kappa shape index (κ2) is 11.5. The van der Waals surface area contributed by atoms with Gasteiger partial charge in [0.05, 0.1) is 21.5 Å². The molecule has 1 aliphatic rings. The highest BCUT2D eigenvalue weighted by molar-refractivity contribution is 7.89. The molecule has 0 saturated heterocycles. The molecule has 7 nitrogen and oxygen atoms in total. The van der Waals surface area contributed by atoms with Crippen molar-refractivity contribution in [2.75, 3.05) is 7.05 Å². The van der Waals surface area contributed by atoms with Gasteiger partial charge in [-0.05, 0) is 61.1 Å². The minimum atomic E-state index is -3.91. The number of carbonyl (C=O) groups is 2. The van der Waals surface area contributed by atoms with Crippen molar-refractivity contribution in [3.63, 3.8) is 0 Å². The predicted octanol–water partition coefficient (Wildman–Crippen LogP) is 4.90. The Bertz CT molecular complexity index is 1390. The number of hydrogen-bond acceptors (Lipinski definition) is 5. The second-order valence-electron chi connectivity index (χ2n) is 9.09. The van der Waals surface area contributed by atoms with Crippen molar-refractivity contribution >= 4 is 33.5 Å². The standard InChI is InChI=1S/C28H29ClN2O5S/c1-19(27(32)30-26-14-8-12-21-11-6-7-13-23(21)26)36-28(33)24-17-22(15-16-25(24)29)37(34,35)31(2)18-20-9-4-3-5-10-20/h3-7,9-11,13,15-17,19,26H,8,12,14,18H2,1-2H3,(H,30,32). The number of hydrogen-bond donors (Lipinski definition) is 1. The van der Waals surface area contributed by atoms with Crippen LogP contribution in [-0.2, 0) is 32.5 Å². The molecule has 0 saturated carbocycles. The Morgan fingerprint density at radius 1 is 1.08 bits per heavy atom. The first-order valence-corrected chi connectivity index (χ1v) is 13.9. The van der Waals surface area contributed by atoms with Gasteiger partial charge in [-0.3, -0.25) is 4.79 Å². The van der Waals surface area contributed by atoms with Gasteiger partial charge in [-0.2, -0.15) is 4.31 Å². The molecule has 9 heteroatoms. The maximum Gasteiger partial charge on any atom is 0.340 e. The lowest BCUT2D eigenvalue weighted by molar-refractivity contribution is -0.130. The Balaban J connectivity index is 1.45. The zero-order chi connectivity index (χ0) is 26.6.